The summed E-state index contributed by atoms with van der Waals surface area (Å²) >= 11 is 0. The van der Waals surface area contributed by atoms with Crippen LogP contribution in [0.3, 0.4) is 0 Å². The molecule has 0 radical (unpaired) electrons. The van der Waals surface area contributed by atoms with Gasteiger partial charge in [0.1, 0.15) is 5.78 Å². The van der Waals surface area contributed by atoms with Crippen molar-refractivity contribution in [3.63, 3.8) is 0 Å². The molecule has 0 atom stereocenters. The van der Waals surface area contributed by atoms with Gasteiger partial charge in [0, 0.05) is 5.56 Å². The molecule has 0 aliphatic carbocycles. The zero-order chi connectivity index (χ0) is 8.97. The standard InChI is InChI=1S/C10H10O2.H2Se/c1-8(11)7-10(12)9-5-3-2-4-6-9;/h2-6H,7H2,1H3;1H2. The van der Waals surface area contributed by atoms with Gasteiger partial charge in [0.25, 0.3) is 0 Å². The molecule has 3 heteroatoms. The van der Waals surface area contributed by atoms with Gasteiger partial charge in [-0.05, 0) is 6.92 Å². The molecule has 0 aromatic heterocycles. The summed E-state index contributed by atoms with van der Waals surface area (Å²) in [5.41, 5.74) is 0.604. The maximum absolute atomic E-state index is 11.2. The fourth-order valence-corrected chi connectivity index (χ4v) is 0.952. The van der Waals surface area contributed by atoms with Crippen LogP contribution in [0.15, 0.2) is 30.3 Å². The Morgan fingerprint density at radius 2 is 1.69 bits per heavy atom. The predicted molar refractivity (Wildman–Crippen MR) is 54.6 cm³/mol. The first kappa shape index (κ1) is 12.1. The first-order chi connectivity index (χ1) is 5.70. The molecule has 1 aromatic carbocycles. The van der Waals surface area contributed by atoms with Crippen LogP contribution in [0.1, 0.15) is 23.7 Å². The number of hydrogen-bond acceptors (Lipinski definition) is 2. The van der Waals surface area contributed by atoms with Gasteiger partial charge in [-0.1, -0.05) is 30.3 Å². The molecular weight excluding hydrogens is 231 g/mol. The quantitative estimate of drug-likeness (QED) is 0.449. The number of carbonyl (C=O) groups excluding carboxylic acids is 2. The van der Waals surface area contributed by atoms with E-state index in [1.165, 1.54) is 6.92 Å². The van der Waals surface area contributed by atoms with Crippen molar-refractivity contribution in [2.45, 2.75) is 13.3 Å². The average molecular weight is 243 g/mol. The first-order valence-corrected chi connectivity index (χ1v) is 3.78. The van der Waals surface area contributed by atoms with E-state index >= 15 is 0 Å². The Morgan fingerprint density at radius 3 is 2.15 bits per heavy atom. The molecule has 0 spiro atoms. The van der Waals surface area contributed by atoms with Crippen molar-refractivity contribution in [1.29, 1.82) is 0 Å². The molecular formula is C10H12O2Se. The van der Waals surface area contributed by atoms with Crippen LogP contribution in [0.25, 0.3) is 0 Å². The molecule has 2 nitrogen and oxygen atoms in total. The summed E-state index contributed by atoms with van der Waals surface area (Å²) in [6, 6.07) is 8.84. The molecule has 0 aliphatic heterocycles. The second-order valence-corrected chi connectivity index (χ2v) is 2.67. The van der Waals surface area contributed by atoms with Crippen LogP contribution in [-0.4, -0.2) is 28.6 Å². The second-order valence-electron chi connectivity index (χ2n) is 2.67. The number of benzene rings is 1. The number of hydrogen-bond donors (Lipinski definition) is 0. The summed E-state index contributed by atoms with van der Waals surface area (Å²) < 4.78 is 0. The molecule has 0 aliphatic rings. The Bertz CT molecular complexity index is 293. The molecule has 1 rings (SSSR count). The van der Waals surface area contributed by atoms with Crippen molar-refractivity contribution < 1.29 is 9.59 Å². The maximum atomic E-state index is 11.2. The Balaban J connectivity index is 0.00000144. The van der Waals surface area contributed by atoms with E-state index in [-0.39, 0.29) is 35.1 Å². The first-order valence-electron chi connectivity index (χ1n) is 3.78. The zero-order valence-electron chi connectivity index (χ0n) is 7.41. The van der Waals surface area contributed by atoms with Gasteiger partial charge in [0.05, 0.1) is 6.42 Å². The topological polar surface area (TPSA) is 34.1 Å². The Kier molecular flexibility index (Phi) is 5.28. The molecule has 0 saturated carbocycles. The molecule has 0 bridgehead atoms. The van der Waals surface area contributed by atoms with Crippen LogP contribution in [0.2, 0.25) is 0 Å². The van der Waals surface area contributed by atoms with Crippen molar-refractivity contribution in [3.8, 4) is 0 Å². The van der Waals surface area contributed by atoms with Crippen molar-refractivity contribution in [2.75, 3.05) is 0 Å². The normalized spacial score (nSPS) is 8.69. The van der Waals surface area contributed by atoms with Crippen LogP contribution in [-0.2, 0) is 4.79 Å². The minimum absolute atomic E-state index is 0. The number of rotatable bonds is 3. The zero-order valence-corrected chi connectivity index (χ0v) is 9.51. The number of Topliss-reactive ketones (excluding diaryl/α,β-unsaturated/α-hetero) is 2. The molecule has 0 saturated heterocycles. The predicted octanol–water partition coefficient (Wildman–Crippen LogP) is 0.932. The van der Waals surface area contributed by atoms with Gasteiger partial charge < -0.3 is 0 Å². The van der Waals surface area contributed by atoms with Crippen molar-refractivity contribution >= 4 is 28.6 Å². The third kappa shape index (κ3) is 4.02. The molecule has 0 unspecified atom stereocenters. The molecule has 0 heterocycles. The van der Waals surface area contributed by atoms with Crippen LogP contribution in [0.4, 0.5) is 0 Å². The van der Waals surface area contributed by atoms with Crippen LogP contribution in [0.5, 0.6) is 0 Å². The molecule has 13 heavy (non-hydrogen) atoms. The summed E-state index contributed by atoms with van der Waals surface area (Å²) in [5, 5.41) is 0. The average Bonchev–Trinajstić information content (AvgIpc) is 2.05. The van der Waals surface area contributed by atoms with Gasteiger partial charge in [-0.25, -0.2) is 0 Å². The SMILES string of the molecule is CC(=O)CC(=O)c1ccccc1.[SeH2]. The van der Waals surface area contributed by atoms with E-state index in [9.17, 15) is 9.59 Å². The van der Waals surface area contributed by atoms with E-state index in [4.69, 9.17) is 0 Å². The van der Waals surface area contributed by atoms with E-state index in [0.717, 1.165) is 0 Å². The molecule has 0 fully saturated rings. The second kappa shape index (κ2) is 5.68. The van der Waals surface area contributed by atoms with Gasteiger partial charge in [-0.3, -0.25) is 9.59 Å². The van der Waals surface area contributed by atoms with E-state index in [2.05, 4.69) is 0 Å². The van der Waals surface area contributed by atoms with E-state index < -0.39 is 0 Å². The molecule has 0 N–H and O–H groups in total. The van der Waals surface area contributed by atoms with E-state index in [0.29, 0.717) is 5.56 Å². The van der Waals surface area contributed by atoms with E-state index in [1.807, 2.05) is 6.07 Å². The molecule has 1 aromatic rings. The monoisotopic (exact) mass is 244 g/mol. The van der Waals surface area contributed by atoms with Crippen LogP contribution in [0, 0.1) is 0 Å². The Morgan fingerprint density at radius 1 is 1.15 bits per heavy atom. The number of ketones is 2. The third-order valence-electron chi connectivity index (χ3n) is 1.51. The van der Waals surface area contributed by atoms with Gasteiger partial charge in [-0.15, -0.1) is 0 Å². The summed E-state index contributed by atoms with van der Waals surface area (Å²) in [7, 11) is 0. The van der Waals surface area contributed by atoms with Crippen molar-refractivity contribution in [3.05, 3.63) is 35.9 Å². The van der Waals surface area contributed by atoms with Crippen molar-refractivity contribution in [1.82, 2.24) is 0 Å². The van der Waals surface area contributed by atoms with Gasteiger partial charge >= 0.3 is 17.1 Å². The summed E-state index contributed by atoms with van der Waals surface area (Å²) in [6.45, 7) is 1.42. The van der Waals surface area contributed by atoms with Crippen molar-refractivity contribution in [2.24, 2.45) is 0 Å². The third-order valence-corrected chi connectivity index (χ3v) is 1.51. The molecule has 70 valence electrons. The Hall–Kier alpha value is -0.921. The summed E-state index contributed by atoms with van der Waals surface area (Å²) in [6.07, 6.45) is 0.00398. The number of carbonyl (C=O) groups is 2. The minimum atomic E-state index is -0.108. The van der Waals surface area contributed by atoms with Gasteiger partial charge in [-0.2, -0.15) is 0 Å². The Labute approximate surface area is 87.8 Å². The fraction of sp³-hybridized carbons (Fsp3) is 0.200. The fourth-order valence-electron chi connectivity index (χ4n) is 0.952. The van der Waals surface area contributed by atoms with Gasteiger partial charge in [0.15, 0.2) is 5.78 Å². The summed E-state index contributed by atoms with van der Waals surface area (Å²) in [4.78, 5) is 21.8. The molecule has 0 amide bonds. The van der Waals surface area contributed by atoms with E-state index in [1.54, 1.807) is 24.3 Å². The van der Waals surface area contributed by atoms with Crippen LogP contribution < -0.4 is 0 Å². The van der Waals surface area contributed by atoms with Gasteiger partial charge in [0.2, 0.25) is 0 Å². The summed E-state index contributed by atoms with van der Waals surface area (Å²) in [5.74, 6) is -0.202. The van der Waals surface area contributed by atoms with Crippen LogP contribution >= 0.6 is 0 Å².